The van der Waals surface area contributed by atoms with Crippen molar-refractivity contribution >= 4 is 54.0 Å². The maximum absolute atomic E-state index is 5.16. The predicted octanol–water partition coefficient (Wildman–Crippen LogP) is 13.5. The Labute approximate surface area is 290 Å². The molecule has 0 saturated heterocycles. The van der Waals surface area contributed by atoms with Gasteiger partial charge in [-0.1, -0.05) is 164 Å². The van der Waals surface area contributed by atoms with Crippen LogP contribution in [0.25, 0.3) is 98.6 Å². The lowest BCUT2D eigenvalue weighted by atomic mass is 9.85. The molecule has 1 nitrogen and oxygen atoms in total. The molecule has 0 N–H and O–H groups in total. The Hall–Kier alpha value is -6.57. The van der Waals surface area contributed by atoms with E-state index in [1.165, 1.54) is 76.5 Å². The van der Waals surface area contributed by atoms with Gasteiger partial charge in [0.25, 0.3) is 0 Å². The molecule has 0 amide bonds. The first kappa shape index (κ1) is 28.4. The Bertz CT molecular complexity index is 2910. The second kappa shape index (κ2) is 11.5. The number of hydrogen-bond donors (Lipinski definition) is 0. The van der Waals surface area contributed by atoms with Gasteiger partial charge in [0.15, 0.2) is 0 Å². The number of fused-ring (bicyclic) bond motifs is 6. The standard InChI is InChI=1S/C49H31N/c1-3-12-33(13-4-1)47-42-17-9-10-18-43(42)48(34-14-5-2-6-15-34)45-31-39(25-27-44(45)47)37-21-22-38-30-40(24-23-36(38)29-37)46-28-26-35-20-19-32-11-7-8-16-41(32)49(35)50-46/h1-31H. The summed E-state index contributed by atoms with van der Waals surface area (Å²) in [4.78, 5) is 5.16. The summed E-state index contributed by atoms with van der Waals surface area (Å²) in [5, 5.41) is 11.0. The molecule has 0 spiro atoms. The molecular formula is C49H31N. The van der Waals surface area contributed by atoms with Crippen LogP contribution in [0.4, 0.5) is 0 Å². The van der Waals surface area contributed by atoms with Crippen LogP contribution in [0.15, 0.2) is 188 Å². The van der Waals surface area contributed by atoms with Crippen molar-refractivity contribution in [1.82, 2.24) is 4.98 Å². The van der Waals surface area contributed by atoms with Gasteiger partial charge in [-0.25, -0.2) is 4.98 Å². The van der Waals surface area contributed by atoms with Crippen LogP contribution in [-0.2, 0) is 0 Å². The molecule has 0 radical (unpaired) electrons. The summed E-state index contributed by atoms with van der Waals surface area (Å²) < 4.78 is 0. The molecule has 0 aliphatic rings. The maximum Gasteiger partial charge on any atom is 0.0787 e. The molecule has 0 saturated carbocycles. The third kappa shape index (κ3) is 4.67. The lowest BCUT2D eigenvalue weighted by Gasteiger charge is -2.18. The van der Waals surface area contributed by atoms with Crippen LogP contribution in [0.1, 0.15) is 0 Å². The van der Waals surface area contributed by atoms with E-state index in [2.05, 4.69) is 188 Å². The van der Waals surface area contributed by atoms with E-state index in [-0.39, 0.29) is 0 Å². The van der Waals surface area contributed by atoms with Gasteiger partial charge < -0.3 is 0 Å². The van der Waals surface area contributed by atoms with Gasteiger partial charge in [0.1, 0.15) is 0 Å². The van der Waals surface area contributed by atoms with Crippen molar-refractivity contribution in [3.05, 3.63) is 188 Å². The summed E-state index contributed by atoms with van der Waals surface area (Å²) in [6, 6.07) is 68.2. The van der Waals surface area contributed by atoms with E-state index in [0.717, 1.165) is 22.2 Å². The van der Waals surface area contributed by atoms with Crippen LogP contribution in [0.3, 0.4) is 0 Å². The van der Waals surface area contributed by atoms with Gasteiger partial charge in [-0.2, -0.15) is 0 Å². The molecule has 0 unspecified atom stereocenters. The number of nitrogens with zero attached hydrogens (tertiary/aromatic N) is 1. The van der Waals surface area contributed by atoms with E-state index < -0.39 is 0 Å². The molecule has 1 heteroatoms. The average molecular weight is 634 g/mol. The minimum Gasteiger partial charge on any atom is -0.247 e. The lowest BCUT2D eigenvalue weighted by Crippen LogP contribution is -1.91. The average Bonchev–Trinajstić information content (AvgIpc) is 3.19. The molecule has 0 fully saturated rings. The highest BCUT2D eigenvalue weighted by Crippen LogP contribution is 2.45. The fourth-order valence-electron chi connectivity index (χ4n) is 7.79. The molecule has 50 heavy (non-hydrogen) atoms. The van der Waals surface area contributed by atoms with Crippen molar-refractivity contribution in [2.45, 2.75) is 0 Å². The molecule has 0 atom stereocenters. The van der Waals surface area contributed by atoms with Crippen molar-refractivity contribution in [2.24, 2.45) is 0 Å². The molecule has 232 valence electrons. The smallest absolute Gasteiger partial charge is 0.0787 e. The largest absolute Gasteiger partial charge is 0.247 e. The zero-order valence-corrected chi connectivity index (χ0v) is 27.3. The second-order valence-electron chi connectivity index (χ2n) is 13.1. The minimum atomic E-state index is 0.990. The molecule has 10 rings (SSSR count). The molecule has 0 bridgehead atoms. The van der Waals surface area contributed by atoms with Crippen molar-refractivity contribution in [3.8, 4) is 44.6 Å². The summed E-state index contributed by atoms with van der Waals surface area (Å²) in [7, 11) is 0. The number of hydrogen-bond acceptors (Lipinski definition) is 1. The lowest BCUT2D eigenvalue weighted by molar-refractivity contribution is 1.42. The number of benzene rings is 9. The van der Waals surface area contributed by atoms with Crippen LogP contribution in [0, 0.1) is 0 Å². The second-order valence-corrected chi connectivity index (χ2v) is 13.1. The first-order valence-electron chi connectivity index (χ1n) is 17.2. The summed E-state index contributed by atoms with van der Waals surface area (Å²) in [5.74, 6) is 0. The Kier molecular flexibility index (Phi) is 6.57. The molecule has 0 aliphatic heterocycles. The van der Waals surface area contributed by atoms with Crippen molar-refractivity contribution in [2.75, 3.05) is 0 Å². The zero-order chi connectivity index (χ0) is 33.0. The summed E-state index contributed by atoms with van der Waals surface area (Å²) >= 11 is 0. The summed E-state index contributed by atoms with van der Waals surface area (Å²) in [5.41, 5.74) is 10.6. The highest BCUT2D eigenvalue weighted by atomic mass is 14.7. The van der Waals surface area contributed by atoms with Crippen LogP contribution in [0.2, 0.25) is 0 Å². The summed E-state index contributed by atoms with van der Waals surface area (Å²) in [6.45, 7) is 0. The zero-order valence-electron chi connectivity index (χ0n) is 27.3. The van der Waals surface area contributed by atoms with Gasteiger partial charge >= 0.3 is 0 Å². The molecule has 10 aromatic rings. The van der Waals surface area contributed by atoms with Gasteiger partial charge in [-0.3, -0.25) is 0 Å². The Morgan fingerprint density at radius 3 is 1.46 bits per heavy atom. The number of rotatable bonds is 4. The van der Waals surface area contributed by atoms with E-state index in [4.69, 9.17) is 4.98 Å². The minimum absolute atomic E-state index is 0.990. The predicted molar refractivity (Wildman–Crippen MR) is 214 cm³/mol. The Balaban J connectivity index is 1.12. The highest BCUT2D eigenvalue weighted by molar-refractivity contribution is 6.22. The first-order valence-corrected chi connectivity index (χ1v) is 17.2. The maximum atomic E-state index is 5.16. The molecule has 0 aliphatic carbocycles. The van der Waals surface area contributed by atoms with Crippen LogP contribution < -0.4 is 0 Å². The summed E-state index contributed by atoms with van der Waals surface area (Å²) in [6.07, 6.45) is 0. The monoisotopic (exact) mass is 633 g/mol. The third-order valence-electron chi connectivity index (χ3n) is 10.2. The topological polar surface area (TPSA) is 12.9 Å². The molecule has 1 heterocycles. The van der Waals surface area contributed by atoms with E-state index in [1.807, 2.05) is 0 Å². The van der Waals surface area contributed by atoms with E-state index >= 15 is 0 Å². The fraction of sp³-hybridized carbons (Fsp3) is 0. The normalized spacial score (nSPS) is 11.6. The highest BCUT2D eigenvalue weighted by Gasteiger charge is 2.17. The third-order valence-corrected chi connectivity index (χ3v) is 10.2. The van der Waals surface area contributed by atoms with Gasteiger partial charge in [-0.05, 0) is 95.3 Å². The van der Waals surface area contributed by atoms with Crippen LogP contribution in [-0.4, -0.2) is 4.98 Å². The van der Waals surface area contributed by atoms with Crippen molar-refractivity contribution < 1.29 is 0 Å². The quantitative estimate of drug-likeness (QED) is 0.139. The first-order chi connectivity index (χ1) is 24.8. The van der Waals surface area contributed by atoms with Crippen LogP contribution >= 0.6 is 0 Å². The molecule has 1 aromatic heterocycles. The van der Waals surface area contributed by atoms with Crippen molar-refractivity contribution in [1.29, 1.82) is 0 Å². The SMILES string of the molecule is c1ccc(-c2c3ccccc3c(-c3ccccc3)c3cc(-c4ccc5cc(-c6ccc7ccc8ccccc8c7n6)ccc5c4)ccc23)cc1. The van der Waals surface area contributed by atoms with Gasteiger partial charge in [0, 0.05) is 16.3 Å². The molecule has 9 aromatic carbocycles. The number of aromatic nitrogens is 1. The Morgan fingerprint density at radius 2 is 0.740 bits per heavy atom. The van der Waals surface area contributed by atoms with Crippen LogP contribution in [0.5, 0.6) is 0 Å². The van der Waals surface area contributed by atoms with Gasteiger partial charge in [0.05, 0.1) is 11.2 Å². The van der Waals surface area contributed by atoms with Gasteiger partial charge in [-0.15, -0.1) is 0 Å². The van der Waals surface area contributed by atoms with E-state index in [0.29, 0.717) is 0 Å². The van der Waals surface area contributed by atoms with Gasteiger partial charge in [0.2, 0.25) is 0 Å². The Morgan fingerprint density at radius 1 is 0.260 bits per heavy atom. The number of pyridine rings is 1. The molecular weight excluding hydrogens is 603 g/mol. The fourth-order valence-corrected chi connectivity index (χ4v) is 7.79. The van der Waals surface area contributed by atoms with Crippen molar-refractivity contribution in [3.63, 3.8) is 0 Å². The van der Waals surface area contributed by atoms with E-state index in [9.17, 15) is 0 Å². The van der Waals surface area contributed by atoms with E-state index in [1.54, 1.807) is 0 Å².